The number of nitrogens with two attached hydrogens (primary N) is 1. The maximum absolute atomic E-state index is 12.4. The van der Waals surface area contributed by atoms with Gasteiger partial charge in [0.1, 0.15) is 0 Å². The molecule has 0 aromatic carbocycles. The van der Waals surface area contributed by atoms with E-state index >= 15 is 0 Å². The molecule has 0 saturated heterocycles. The second kappa shape index (κ2) is 6.16. The van der Waals surface area contributed by atoms with E-state index in [1.807, 2.05) is 0 Å². The summed E-state index contributed by atoms with van der Waals surface area (Å²) in [4.78, 5) is 0. The Morgan fingerprint density at radius 2 is 1.76 bits per heavy atom. The minimum absolute atomic E-state index is 0.198. The lowest BCUT2D eigenvalue weighted by Crippen LogP contribution is -2.47. The highest BCUT2D eigenvalue weighted by Gasteiger charge is 2.35. The molecule has 2 N–H and O–H groups in total. The summed E-state index contributed by atoms with van der Waals surface area (Å²) >= 11 is 0. The molecule has 1 unspecified atom stereocenters. The average Bonchev–Trinajstić information content (AvgIpc) is 2.77. The van der Waals surface area contributed by atoms with Gasteiger partial charge in [-0.3, -0.25) is 0 Å². The molecular weight excluding hydrogens is 236 g/mol. The fourth-order valence-corrected chi connectivity index (χ4v) is 4.20. The second-order valence-electron chi connectivity index (χ2n) is 5.49. The SMILES string of the molecule is CC(C)CN(C1CCCC1)S(=O)(=O)C(C)CN. The van der Waals surface area contributed by atoms with Crippen LogP contribution in [0.15, 0.2) is 0 Å². The maximum atomic E-state index is 12.4. The summed E-state index contributed by atoms with van der Waals surface area (Å²) in [6.07, 6.45) is 4.30. The maximum Gasteiger partial charge on any atom is 0.218 e. The molecule has 0 aromatic heterocycles. The Morgan fingerprint density at radius 1 is 1.24 bits per heavy atom. The van der Waals surface area contributed by atoms with Gasteiger partial charge >= 0.3 is 0 Å². The van der Waals surface area contributed by atoms with Crippen molar-refractivity contribution in [3.8, 4) is 0 Å². The zero-order valence-corrected chi connectivity index (χ0v) is 12.0. The van der Waals surface area contributed by atoms with Crippen LogP contribution in [0, 0.1) is 5.92 Å². The second-order valence-corrected chi connectivity index (χ2v) is 7.80. The smallest absolute Gasteiger partial charge is 0.218 e. The van der Waals surface area contributed by atoms with Crippen molar-refractivity contribution in [2.45, 2.75) is 57.7 Å². The van der Waals surface area contributed by atoms with E-state index in [2.05, 4.69) is 13.8 Å². The normalized spacial score (nSPS) is 20.4. The molecular formula is C12H26N2O2S. The molecule has 0 heterocycles. The van der Waals surface area contributed by atoms with Crippen LogP contribution in [-0.2, 0) is 10.0 Å². The van der Waals surface area contributed by atoms with Crippen molar-refractivity contribution >= 4 is 10.0 Å². The monoisotopic (exact) mass is 262 g/mol. The molecule has 0 aliphatic heterocycles. The summed E-state index contributed by atoms with van der Waals surface area (Å²) < 4.78 is 26.6. The summed E-state index contributed by atoms with van der Waals surface area (Å²) in [7, 11) is -3.22. The first-order chi connectivity index (χ1) is 7.89. The summed E-state index contributed by atoms with van der Waals surface area (Å²) in [6, 6.07) is 0.205. The molecule has 17 heavy (non-hydrogen) atoms. The zero-order chi connectivity index (χ0) is 13.1. The fourth-order valence-electron chi connectivity index (χ4n) is 2.37. The van der Waals surface area contributed by atoms with Crippen molar-refractivity contribution in [1.82, 2.24) is 4.31 Å². The molecule has 1 rings (SSSR count). The van der Waals surface area contributed by atoms with Crippen molar-refractivity contribution in [3.05, 3.63) is 0 Å². The minimum atomic E-state index is -3.22. The molecule has 1 fully saturated rings. The quantitative estimate of drug-likeness (QED) is 0.790. The summed E-state index contributed by atoms with van der Waals surface area (Å²) in [5, 5.41) is -0.471. The Morgan fingerprint density at radius 3 is 2.18 bits per heavy atom. The molecule has 0 aromatic rings. The van der Waals surface area contributed by atoms with Gasteiger partial charge in [0.2, 0.25) is 10.0 Å². The highest BCUT2D eigenvalue weighted by molar-refractivity contribution is 7.89. The molecule has 1 saturated carbocycles. The number of nitrogens with zero attached hydrogens (tertiary/aromatic N) is 1. The van der Waals surface area contributed by atoms with Crippen LogP contribution in [0.3, 0.4) is 0 Å². The van der Waals surface area contributed by atoms with E-state index in [-0.39, 0.29) is 12.6 Å². The predicted octanol–water partition coefficient (Wildman–Crippen LogP) is 1.56. The molecule has 5 heteroatoms. The van der Waals surface area contributed by atoms with E-state index in [0.717, 1.165) is 25.7 Å². The van der Waals surface area contributed by atoms with Crippen molar-refractivity contribution < 1.29 is 8.42 Å². The van der Waals surface area contributed by atoms with E-state index in [4.69, 9.17) is 5.73 Å². The Hall–Kier alpha value is -0.130. The van der Waals surface area contributed by atoms with E-state index in [9.17, 15) is 8.42 Å². The van der Waals surface area contributed by atoms with Crippen LogP contribution in [-0.4, -0.2) is 37.1 Å². The average molecular weight is 262 g/mol. The first-order valence-electron chi connectivity index (χ1n) is 6.60. The molecule has 1 aliphatic rings. The molecule has 102 valence electrons. The highest BCUT2D eigenvalue weighted by Crippen LogP contribution is 2.27. The first kappa shape index (κ1) is 14.9. The summed E-state index contributed by atoms with van der Waals surface area (Å²) in [5.74, 6) is 0.357. The Balaban J connectivity index is 2.88. The molecule has 1 aliphatic carbocycles. The van der Waals surface area contributed by atoms with Gasteiger partial charge in [0, 0.05) is 19.1 Å². The molecule has 1 atom stereocenters. The zero-order valence-electron chi connectivity index (χ0n) is 11.2. The van der Waals surface area contributed by atoms with Gasteiger partial charge in [-0.1, -0.05) is 26.7 Å². The third kappa shape index (κ3) is 3.66. The molecule has 0 radical (unpaired) electrons. The van der Waals surface area contributed by atoms with E-state index in [1.165, 1.54) is 0 Å². The van der Waals surface area contributed by atoms with E-state index in [0.29, 0.717) is 12.5 Å². The first-order valence-corrected chi connectivity index (χ1v) is 8.10. The number of rotatable bonds is 6. The van der Waals surface area contributed by atoms with Gasteiger partial charge in [-0.2, -0.15) is 4.31 Å². The summed E-state index contributed by atoms with van der Waals surface area (Å²) in [6.45, 7) is 6.65. The molecule has 0 spiro atoms. The lowest BCUT2D eigenvalue weighted by atomic mass is 10.2. The summed E-state index contributed by atoms with van der Waals surface area (Å²) in [5.41, 5.74) is 5.52. The Labute approximate surface area is 106 Å². The van der Waals surface area contributed by atoms with Crippen molar-refractivity contribution in [3.63, 3.8) is 0 Å². The van der Waals surface area contributed by atoms with Gasteiger partial charge in [-0.05, 0) is 25.7 Å². The van der Waals surface area contributed by atoms with Crippen LogP contribution in [0.4, 0.5) is 0 Å². The molecule has 4 nitrogen and oxygen atoms in total. The van der Waals surface area contributed by atoms with Gasteiger partial charge < -0.3 is 5.73 Å². The lowest BCUT2D eigenvalue weighted by Gasteiger charge is -2.31. The van der Waals surface area contributed by atoms with Gasteiger partial charge in [-0.15, -0.1) is 0 Å². The number of hydrogen-bond acceptors (Lipinski definition) is 3. The molecule has 0 bridgehead atoms. The largest absolute Gasteiger partial charge is 0.329 e. The van der Waals surface area contributed by atoms with Crippen molar-refractivity contribution in [2.24, 2.45) is 11.7 Å². The highest BCUT2D eigenvalue weighted by atomic mass is 32.2. The van der Waals surface area contributed by atoms with Gasteiger partial charge in [0.15, 0.2) is 0 Å². The molecule has 0 amide bonds. The number of sulfonamides is 1. The van der Waals surface area contributed by atoms with Gasteiger partial charge in [0.25, 0.3) is 0 Å². The topological polar surface area (TPSA) is 63.4 Å². The predicted molar refractivity (Wildman–Crippen MR) is 71.2 cm³/mol. The standard InChI is InChI=1S/C12H26N2O2S/c1-10(2)9-14(12-6-4-5-7-12)17(15,16)11(3)8-13/h10-12H,4-9,13H2,1-3H3. The van der Waals surface area contributed by atoms with Crippen LogP contribution in [0.5, 0.6) is 0 Å². The van der Waals surface area contributed by atoms with Crippen LogP contribution in [0.2, 0.25) is 0 Å². The minimum Gasteiger partial charge on any atom is -0.329 e. The third-order valence-corrected chi connectivity index (χ3v) is 5.75. The van der Waals surface area contributed by atoms with E-state index in [1.54, 1.807) is 11.2 Å². The van der Waals surface area contributed by atoms with Gasteiger partial charge in [0.05, 0.1) is 5.25 Å². The lowest BCUT2D eigenvalue weighted by molar-refractivity contribution is 0.290. The van der Waals surface area contributed by atoms with Gasteiger partial charge in [-0.25, -0.2) is 8.42 Å². The van der Waals surface area contributed by atoms with Crippen molar-refractivity contribution in [2.75, 3.05) is 13.1 Å². The van der Waals surface area contributed by atoms with Crippen LogP contribution >= 0.6 is 0 Å². The Bertz CT molecular complexity index is 321. The van der Waals surface area contributed by atoms with Crippen LogP contribution in [0.1, 0.15) is 46.5 Å². The van der Waals surface area contributed by atoms with E-state index < -0.39 is 15.3 Å². The van der Waals surface area contributed by atoms with Crippen LogP contribution < -0.4 is 5.73 Å². The van der Waals surface area contributed by atoms with Crippen LogP contribution in [0.25, 0.3) is 0 Å². The third-order valence-electron chi connectivity index (χ3n) is 3.44. The number of hydrogen-bond donors (Lipinski definition) is 1. The van der Waals surface area contributed by atoms with Crippen molar-refractivity contribution in [1.29, 1.82) is 0 Å². The Kier molecular flexibility index (Phi) is 5.41. The fraction of sp³-hybridized carbons (Fsp3) is 1.00.